The topological polar surface area (TPSA) is 119 Å². The Morgan fingerprint density at radius 2 is 1.91 bits per heavy atom. The van der Waals surface area contributed by atoms with Gasteiger partial charge in [0.15, 0.2) is 5.82 Å². The number of aromatic nitrogens is 1. The number of anilines is 2. The smallest absolute Gasteiger partial charge is 0.411 e. The van der Waals surface area contributed by atoms with Gasteiger partial charge < -0.3 is 24.4 Å². The molecule has 2 bridgehead atoms. The standard InChI is InChI=1S/C31H31ClF2N4O6/c1-16-5-4-6-24(38-12-11-25(44-31(38)41)27-21(33)10-9-20(32)28(27)34)17-13-22(36-26(14-17)42-2)19-8-7-18(35-30(40)43-3)15-23(19)37-29(16)39/h7-10,13-16,24-25H,4-6,11-12H2,1-3H3,(H,35,40)(H,37,39). The third-order valence-corrected chi connectivity index (χ3v) is 8.14. The molecular formula is C31H31ClF2N4O6. The number of nitrogens with one attached hydrogen (secondary N) is 2. The van der Waals surface area contributed by atoms with E-state index in [1.54, 1.807) is 37.3 Å². The maximum atomic E-state index is 14.7. The van der Waals surface area contributed by atoms with Crippen LogP contribution in [0.4, 0.5) is 29.7 Å². The number of rotatable bonds is 4. The first-order valence-corrected chi connectivity index (χ1v) is 14.4. The van der Waals surface area contributed by atoms with Gasteiger partial charge in [-0.05, 0) is 54.8 Å². The number of nitrogens with zero attached hydrogens (tertiary/aromatic N) is 2. The molecule has 13 heteroatoms. The summed E-state index contributed by atoms with van der Waals surface area (Å²) >= 11 is 5.88. The van der Waals surface area contributed by atoms with Crippen LogP contribution < -0.4 is 15.4 Å². The molecule has 0 radical (unpaired) electrons. The predicted molar refractivity (Wildman–Crippen MR) is 159 cm³/mol. The molecule has 1 fully saturated rings. The summed E-state index contributed by atoms with van der Waals surface area (Å²) < 4.78 is 45.1. The van der Waals surface area contributed by atoms with Gasteiger partial charge in [0.1, 0.15) is 11.9 Å². The van der Waals surface area contributed by atoms with Gasteiger partial charge >= 0.3 is 12.2 Å². The van der Waals surface area contributed by atoms with E-state index in [0.29, 0.717) is 47.5 Å². The molecule has 3 amide bonds. The Morgan fingerprint density at radius 1 is 1.11 bits per heavy atom. The third kappa shape index (κ3) is 6.40. The van der Waals surface area contributed by atoms with Gasteiger partial charge in [0.2, 0.25) is 11.8 Å². The lowest BCUT2D eigenvalue weighted by Crippen LogP contribution is -2.42. The van der Waals surface area contributed by atoms with Gasteiger partial charge in [0.25, 0.3) is 0 Å². The first-order valence-electron chi connectivity index (χ1n) is 14.1. The molecule has 2 N–H and O–H groups in total. The molecule has 1 saturated heterocycles. The molecule has 0 aliphatic carbocycles. The zero-order chi connectivity index (χ0) is 31.5. The highest BCUT2D eigenvalue weighted by Gasteiger charge is 2.37. The summed E-state index contributed by atoms with van der Waals surface area (Å²) in [5.74, 6) is -2.14. The number of fused-ring (bicyclic) bond motifs is 4. The molecule has 3 unspecified atom stereocenters. The monoisotopic (exact) mass is 628 g/mol. The molecule has 2 aliphatic rings. The highest BCUT2D eigenvalue weighted by Crippen LogP contribution is 2.40. The van der Waals surface area contributed by atoms with Crippen LogP contribution in [0.3, 0.4) is 0 Å². The predicted octanol–water partition coefficient (Wildman–Crippen LogP) is 7.25. The Hall–Kier alpha value is -4.45. The average Bonchev–Trinajstić information content (AvgIpc) is 3.01. The molecule has 1 aromatic heterocycles. The first-order chi connectivity index (χ1) is 21.1. The lowest BCUT2D eigenvalue weighted by molar-refractivity contribution is -0.119. The van der Waals surface area contributed by atoms with Crippen LogP contribution >= 0.6 is 11.6 Å². The molecule has 3 aromatic rings. The summed E-state index contributed by atoms with van der Waals surface area (Å²) in [6.07, 6.45) is -0.868. The van der Waals surface area contributed by atoms with E-state index in [2.05, 4.69) is 20.4 Å². The molecular weight excluding hydrogens is 598 g/mol. The summed E-state index contributed by atoms with van der Waals surface area (Å²) in [4.78, 5) is 44.6. The molecule has 5 rings (SSSR count). The number of hydrogen-bond donors (Lipinski definition) is 2. The van der Waals surface area contributed by atoms with E-state index >= 15 is 0 Å². The van der Waals surface area contributed by atoms with Gasteiger partial charge in [-0.3, -0.25) is 10.1 Å². The van der Waals surface area contributed by atoms with Crippen molar-refractivity contribution in [3.05, 3.63) is 70.2 Å². The van der Waals surface area contributed by atoms with Gasteiger partial charge in [-0.2, -0.15) is 0 Å². The van der Waals surface area contributed by atoms with Crippen LogP contribution in [0.2, 0.25) is 5.02 Å². The van der Waals surface area contributed by atoms with Gasteiger partial charge in [0.05, 0.1) is 42.2 Å². The summed E-state index contributed by atoms with van der Waals surface area (Å²) in [5, 5.41) is 5.29. The number of pyridine rings is 1. The van der Waals surface area contributed by atoms with Crippen molar-refractivity contribution < 1.29 is 37.4 Å². The highest BCUT2D eigenvalue weighted by molar-refractivity contribution is 6.30. The average molecular weight is 629 g/mol. The fourth-order valence-corrected chi connectivity index (χ4v) is 5.67. The van der Waals surface area contributed by atoms with Crippen LogP contribution in [0.15, 0.2) is 42.5 Å². The molecule has 232 valence electrons. The molecule has 0 spiro atoms. The first kappa shape index (κ1) is 31.0. The van der Waals surface area contributed by atoms with E-state index in [1.165, 1.54) is 19.1 Å². The molecule has 0 saturated carbocycles. The Balaban J connectivity index is 1.54. The van der Waals surface area contributed by atoms with Crippen molar-refractivity contribution in [2.75, 3.05) is 31.4 Å². The van der Waals surface area contributed by atoms with Crippen LogP contribution in [0.5, 0.6) is 5.88 Å². The Labute approximate surface area is 257 Å². The second-order valence-electron chi connectivity index (χ2n) is 10.7. The molecule has 10 nitrogen and oxygen atoms in total. The number of cyclic esters (lactones) is 1. The lowest BCUT2D eigenvalue weighted by Gasteiger charge is -2.38. The minimum Gasteiger partial charge on any atom is -0.481 e. The quantitative estimate of drug-likeness (QED) is 0.292. The van der Waals surface area contributed by atoms with Gasteiger partial charge in [-0.15, -0.1) is 0 Å². The number of amides is 3. The fourth-order valence-electron chi connectivity index (χ4n) is 5.51. The van der Waals surface area contributed by atoms with E-state index in [9.17, 15) is 23.2 Å². The van der Waals surface area contributed by atoms with E-state index in [-0.39, 0.29) is 41.3 Å². The summed E-state index contributed by atoms with van der Waals surface area (Å²) in [6.45, 7) is 1.95. The fraction of sp³-hybridized carbons (Fsp3) is 0.355. The molecule has 3 atom stereocenters. The number of methoxy groups -OCH3 is 2. The van der Waals surface area contributed by atoms with Crippen LogP contribution in [0.25, 0.3) is 11.3 Å². The minimum absolute atomic E-state index is 0.128. The summed E-state index contributed by atoms with van der Waals surface area (Å²) in [7, 11) is 2.71. The van der Waals surface area contributed by atoms with E-state index in [1.807, 2.05) is 0 Å². The van der Waals surface area contributed by atoms with Crippen LogP contribution in [0, 0.1) is 17.6 Å². The molecule has 2 aliphatic heterocycles. The highest BCUT2D eigenvalue weighted by atomic mass is 35.5. The van der Waals surface area contributed by atoms with E-state index in [0.717, 1.165) is 12.1 Å². The maximum absolute atomic E-state index is 14.7. The van der Waals surface area contributed by atoms with Crippen molar-refractivity contribution in [1.29, 1.82) is 0 Å². The van der Waals surface area contributed by atoms with Gasteiger partial charge in [-0.1, -0.05) is 24.9 Å². The zero-order valence-corrected chi connectivity index (χ0v) is 25.0. The number of benzene rings is 2. The van der Waals surface area contributed by atoms with E-state index in [4.69, 9.17) is 21.1 Å². The number of halogens is 3. The van der Waals surface area contributed by atoms with Crippen molar-refractivity contribution in [2.45, 2.75) is 44.8 Å². The van der Waals surface area contributed by atoms with Crippen LogP contribution in [-0.4, -0.2) is 48.7 Å². The van der Waals surface area contributed by atoms with Crippen molar-refractivity contribution in [2.24, 2.45) is 5.92 Å². The second kappa shape index (κ2) is 13.0. The van der Waals surface area contributed by atoms with Crippen LogP contribution in [-0.2, 0) is 14.3 Å². The number of ether oxygens (including phenoxy) is 3. The van der Waals surface area contributed by atoms with Crippen molar-refractivity contribution in [3.8, 4) is 17.1 Å². The van der Waals surface area contributed by atoms with Gasteiger partial charge in [0, 0.05) is 36.2 Å². The lowest BCUT2D eigenvalue weighted by atomic mass is 9.93. The summed E-state index contributed by atoms with van der Waals surface area (Å²) in [6, 6.07) is 10.1. The Kier molecular flexibility index (Phi) is 9.19. The zero-order valence-electron chi connectivity index (χ0n) is 24.3. The molecule has 3 heterocycles. The number of hydrogen-bond acceptors (Lipinski definition) is 7. The normalized spacial score (nSPS) is 20.3. The molecule has 44 heavy (non-hydrogen) atoms. The minimum atomic E-state index is -1.14. The van der Waals surface area contributed by atoms with Crippen molar-refractivity contribution >= 4 is 41.1 Å². The SMILES string of the molecule is COC(=O)Nc1ccc2c(c1)NC(=O)C(C)CCCC(N1CCC(c3c(F)ccc(Cl)c3F)OC1=O)c1cc(OC)nc-2c1. The third-order valence-electron chi connectivity index (χ3n) is 7.85. The molecule has 2 aromatic carbocycles. The number of carbonyl (C=O) groups is 3. The second-order valence-corrected chi connectivity index (χ2v) is 11.1. The van der Waals surface area contributed by atoms with Crippen molar-refractivity contribution in [3.63, 3.8) is 0 Å². The van der Waals surface area contributed by atoms with Crippen LogP contribution in [0.1, 0.15) is 55.9 Å². The number of carbonyl (C=O) groups excluding carboxylic acids is 3. The Bertz CT molecular complexity index is 1610. The van der Waals surface area contributed by atoms with Gasteiger partial charge in [-0.25, -0.2) is 23.4 Å². The summed E-state index contributed by atoms with van der Waals surface area (Å²) in [5.41, 5.74) is 2.12. The van der Waals surface area contributed by atoms with E-state index < -0.39 is 36.0 Å². The van der Waals surface area contributed by atoms with Crippen molar-refractivity contribution in [1.82, 2.24) is 9.88 Å². The maximum Gasteiger partial charge on any atom is 0.411 e. The Morgan fingerprint density at radius 3 is 2.64 bits per heavy atom. The largest absolute Gasteiger partial charge is 0.481 e.